The molecule has 0 aliphatic carbocycles. The third-order valence-corrected chi connectivity index (χ3v) is 5.99. The molecule has 3 nitrogen and oxygen atoms in total. The van der Waals surface area contributed by atoms with Gasteiger partial charge < -0.3 is 14.2 Å². The molecule has 1 saturated heterocycles. The number of hydrogen-bond acceptors (Lipinski definition) is 3. The first-order valence-corrected chi connectivity index (χ1v) is 11.1. The van der Waals surface area contributed by atoms with Crippen LogP contribution in [0, 0.1) is 41.9 Å². The van der Waals surface area contributed by atoms with Crippen LogP contribution >= 0.6 is 0 Å². The van der Waals surface area contributed by atoms with E-state index in [1.165, 1.54) is 12.1 Å². The highest BCUT2D eigenvalue weighted by Crippen LogP contribution is 2.39. The summed E-state index contributed by atoms with van der Waals surface area (Å²) in [6.45, 7) is 3.96. The van der Waals surface area contributed by atoms with Crippen molar-refractivity contribution < 1.29 is 44.9 Å². The first kappa shape index (κ1) is 26.0. The van der Waals surface area contributed by atoms with E-state index >= 15 is 0 Å². The van der Waals surface area contributed by atoms with Crippen LogP contribution in [0.2, 0.25) is 0 Å². The molecule has 0 amide bonds. The summed E-state index contributed by atoms with van der Waals surface area (Å²) in [7, 11) is 0. The molecule has 0 N–H and O–H groups in total. The number of halogens is 7. The van der Waals surface area contributed by atoms with Gasteiger partial charge in [0.05, 0.1) is 13.2 Å². The smallest absolute Gasteiger partial charge is 0.428 e. The van der Waals surface area contributed by atoms with Crippen LogP contribution in [0.4, 0.5) is 30.7 Å². The fourth-order valence-corrected chi connectivity index (χ4v) is 3.78. The number of hydrogen-bond donors (Lipinski definition) is 0. The van der Waals surface area contributed by atoms with Gasteiger partial charge >= 0.3 is 6.11 Å². The largest absolute Gasteiger partial charge is 0.432 e. The minimum Gasteiger partial charge on any atom is -0.428 e. The Morgan fingerprint density at radius 3 is 1.97 bits per heavy atom. The molecule has 0 aromatic heterocycles. The second-order valence-electron chi connectivity index (χ2n) is 8.44. The van der Waals surface area contributed by atoms with E-state index < -0.39 is 58.4 Å². The summed E-state index contributed by atoms with van der Waals surface area (Å²) < 4.78 is 115. The Hall–Kier alpha value is -3.11. The van der Waals surface area contributed by atoms with E-state index in [9.17, 15) is 30.7 Å². The monoisotopic (exact) mass is 514 g/mol. The van der Waals surface area contributed by atoms with Gasteiger partial charge in [0.2, 0.25) is 0 Å². The molecule has 3 aromatic rings. The Kier molecular flexibility index (Phi) is 7.28. The molecular formula is C26H21F7O3. The van der Waals surface area contributed by atoms with Gasteiger partial charge in [-0.3, -0.25) is 0 Å². The molecule has 0 spiro atoms. The lowest BCUT2D eigenvalue weighted by molar-refractivity contribution is -0.205. The van der Waals surface area contributed by atoms with Gasteiger partial charge in [0.25, 0.3) is 0 Å². The first-order chi connectivity index (χ1) is 17.0. The number of benzene rings is 3. The van der Waals surface area contributed by atoms with Crippen molar-refractivity contribution in [3.63, 3.8) is 0 Å². The molecule has 4 rings (SSSR count). The Morgan fingerprint density at radius 1 is 0.833 bits per heavy atom. The SMILES string of the molecule is CCC1COC(c2ccc(-c3cc(F)c(C(F)(F)Oc4cc(F)c(F)c(F)c4C)c(F)c3)cc2)OC1. The number of alkyl halides is 2. The van der Waals surface area contributed by atoms with E-state index in [1.54, 1.807) is 12.1 Å². The Bertz CT molecular complexity index is 1230. The van der Waals surface area contributed by atoms with Crippen LogP contribution in [0.3, 0.4) is 0 Å². The van der Waals surface area contributed by atoms with Crippen molar-refractivity contribution in [3.05, 3.63) is 88.2 Å². The molecule has 36 heavy (non-hydrogen) atoms. The zero-order chi connectivity index (χ0) is 26.2. The highest BCUT2D eigenvalue weighted by atomic mass is 19.3. The molecule has 1 fully saturated rings. The average Bonchev–Trinajstić information content (AvgIpc) is 2.85. The minimum absolute atomic E-state index is 0.0392. The minimum atomic E-state index is -4.66. The van der Waals surface area contributed by atoms with Gasteiger partial charge in [-0.1, -0.05) is 31.2 Å². The summed E-state index contributed by atoms with van der Waals surface area (Å²) in [5, 5.41) is 0. The van der Waals surface area contributed by atoms with E-state index in [2.05, 4.69) is 4.74 Å². The van der Waals surface area contributed by atoms with Crippen molar-refractivity contribution in [2.75, 3.05) is 13.2 Å². The van der Waals surface area contributed by atoms with Crippen molar-refractivity contribution in [2.24, 2.45) is 5.92 Å². The standard InChI is InChI=1S/C26H21F7O3/c1-3-14-11-34-25(35-12-14)16-6-4-15(5-7-16)17-8-18(27)22(19(28)9-17)26(32,33)36-21-10-20(29)24(31)23(30)13(21)2/h4-10,14,25H,3,11-12H2,1-2H3. The molecule has 0 atom stereocenters. The summed E-state index contributed by atoms with van der Waals surface area (Å²) in [5.41, 5.74) is -1.58. The molecule has 192 valence electrons. The Balaban J connectivity index is 1.58. The molecule has 10 heteroatoms. The second kappa shape index (κ2) is 10.1. The lowest BCUT2D eigenvalue weighted by Gasteiger charge is -2.29. The summed E-state index contributed by atoms with van der Waals surface area (Å²) in [5.74, 6) is -9.53. The number of ether oxygens (including phenoxy) is 3. The van der Waals surface area contributed by atoms with Crippen LogP contribution in [0.1, 0.15) is 36.3 Å². The Labute approximate surface area is 202 Å². The topological polar surface area (TPSA) is 27.7 Å². The fraction of sp³-hybridized carbons (Fsp3) is 0.308. The molecule has 0 bridgehead atoms. The van der Waals surface area contributed by atoms with E-state index in [1.807, 2.05) is 6.92 Å². The third kappa shape index (κ3) is 5.05. The lowest BCUT2D eigenvalue weighted by Crippen LogP contribution is -2.26. The predicted molar refractivity (Wildman–Crippen MR) is 116 cm³/mol. The molecule has 1 aliphatic heterocycles. The van der Waals surface area contributed by atoms with Crippen molar-refractivity contribution in [1.29, 1.82) is 0 Å². The fourth-order valence-electron chi connectivity index (χ4n) is 3.78. The molecular weight excluding hydrogens is 493 g/mol. The van der Waals surface area contributed by atoms with E-state index in [-0.39, 0.29) is 11.6 Å². The Morgan fingerprint density at radius 2 is 1.42 bits per heavy atom. The first-order valence-electron chi connectivity index (χ1n) is 11.1. The van der Waals surface area contributed by atoms with Gasteiger partial charge in [-0.25, -0.2) is 22.0 Å². The summed E-state index contributed by atoms with van der Waals surface area (Å²) >= 11 is 0. The molecule has 1 heterocycles. The highest BCUT2D eigenvalue weighted by Gasteiger charge is 2.42. The molecule has 3 aromatic carbocycles. The summed E-state index contributed by atoms with van der Waals surface area (Å²) in [4.78, 5) is 0. The third-order valence-electron chi connectivity index (χ3n) is 5.99. The summed E-state index contributed by atoms with van der Waals surface area (Å²) in [6.07, 6.45) is -4.33. The number of rotatable bonds is 6. The molecule has 0 radical (unpaired) electrons. The van der Waals surface area contributed by atoms with Crippen LogP contribution in [-0.2, 0) is 15.6 Å². The normalized spacial score (nSPS) is 18.4. The lowest BCUT2D eigenvalue weighted by atomic mass is 10.0. The van der Waals surface area contributed by atoms with Crippen LogP contribution in [0.15, 0.2) is 42.5 Å². The van der Waals surface area contributed by atoms with E-state index in [0.29, 0.717) is 42.4 Å². The maximum absolute atomic E-state index is 14.7. The van der Waals surface area contributed by atoms with E-state index in [4.69, 9.17) is 9.47 Å². The van der Waals surface area contributed by atoms with Crippen LogP contribution in [0.25, 0.3) is 11.1 Å². The molecule has 0 unspecified atom stereocenters. The van der Waals surface area contributed by atoms with Gasteiger partial charge in [0.1, 0.15) is 22.9 Å². The van der Waals surface area contributed by atoms with Crippen molar-refractivity contribution in [3.8, 4) is 16.9 Å². The van der Waals surface area contributed by atoms with Crippen LogP contribution < -0.4 is 4.74 Å². The van der Waals surface area contributed by atoms with Gasteiger partial charge in [0.15, 0.2) is 23.7 Å². The van der Waals surface area contributed by atoms with E-state index in [0.717, 1.165) is 13.3 Å². The average molecular weight is 514 g/mol. The van der Waals surface area contributed by atoms with Gasteiger partial charge in [-0.2, -0.15) is 8.78 Å². The quantitative estimate of drug-likeness (QED) is 0.251. The van der Waals surface area contributed by atoms with Gasteiger partial charge in [-0.15, -0.1) is 0 Å². The van der Waals surface area contributed by atoms with Gasteiger partial charge in [-0.05, 0) is 36.6 Å². The second-order valence-corrected chi connectivity index (χ2v) is 8.44. The summed E-state index contributed by atoms with van der Waals surface area (Å²) in [6, 6.07) is 7.87. The maximum atomic E-state index is 14.7. The van der Waals surface area contributed by atoms with Crippen molar-refractivity contribution in [1.82, 2.24) is 0 Å². The zero-order valence-corrected chi connectivity index (χ0v) is 19.2. The molecule has 0 saturated carbocycles. The van der Waals surface area contributed by atoms with Crippen LogP contribution in [0.5, 0.6) is 5.75 Å². The predicted octanol–water partition coefficient (Wildman–Crippen LogP) is 7.56. The molecule has 1 aliphatic rings. The van der Waals surface area contributed by atoms with Crippen molar-refractivity contribution in [2.45, 2.75) is 32.7 Å². The maximum Gasteiger partial charge on any atom is 0.432 e. The zero-order valence-electron chi connectivity index (χ0n) is 19.2. The van der Waals surface area contributed by atoms with Gasteiger partial charge in [0, 0.05) is 23.1 Å². The highest BCUT2D eigenvalue weighted by molar-refractivity contribution is 5.64. The van der Waals surface area contributed by atoms with Crippen LogP contribution in [-0.4, -0.2) is 13.2 Å². The van der Waals surface area contributed by atoms with Crippen molar-refractivity contribution >= 4 is 0 Å².